The first-order valence-corrected chi connectivity index (χ1v) is 15.1. The number of hydrogen-bond acceptors (Lipinski definition) is 8. The average molecular weight is 595 g/mol. The van der Waals surface area contributed by atoms with Crippen molar-refractivity contribution in [1.29, 1.82) is 0 Å². The minimum absolute atomic E-state index is 0.0123. The first-order valence-electron chi connectivity index (χ1n) is 15.1. The van der Waals surface area contributed by atoms with E-state index in [0.717, 1.165) is 49.0 Å². The Hall–Kier alpha value is -4.40. The highest BCUT2D eigenvalue weighted by atomic mass is 16.5. The van der Waals surface area contributed by atoms with Gasteiger partial charge in [0.25, 0.3) is 0 Å². The molecule has 228 valence electrons. The van der Waals surface area contributed by atoms with Crippen LogP contribution in [0.25, 0.3) is 0 Å². The molecule has 0 aliphatic carbocycles. The van der Waals surface area contributed by atoms with E-state index in [9.17, 15) is 10.2 Å². The number of likely N-dealkylation sites (N-methyl/N-ethyl adjacent to an activating group) is 2. The second kappa shape index (κ2) is 11.3. The molecule has 4 aromatic carbocycles. The van der Waals surface area contributed by atoms with Crippen LogP contribution in [0.15, 0.2) is 60.7 Å². The Morgan fingerprint density at radius 1 is 0.705 bits per heavy atom. The molecule has 44 heavy (non-hydrogen) atoms. The van der Waals surface area contributed by atoms with Gasteiger partial charge in [-0.1, -0.05) is 18.2 Å². The Bertz CT molecular complexity index is 1720. The largest absolute Gasteiger partial charge is 0.504 e. The van der Waals surface area contributed by atoms with Crippen LogP contribution >= 0.6 is 0 Å². The summed E-state index contributed by atoms with van der Waals surface area (Å²) in [5.74, 6) is 3.08. The number of hydrogen-bond donors (Lipinski definition) is 2. The fraction of sp³-hybridized carbons (Fsp3) is 0.333. The maximum atomic E-state index is 11.4. The molecule has 2 N–H and O–H groups in total. The van der Waals surface area contributed by atoms with Crippen molar-refractivity contribution in [2.24, 2.45) is 0 Å². The maximum absolute atomic E-state index is 11.4. The molecule has 0 fully saturated rings. The van der Waals surface area contributed by atoms with Crippen molar-refractivity contribution in [2.45, 2.75) is 37.8 Å². The van der Waals surface area contributed by atoms with Gasteiger partial charge in [0.15, 0.2) is 34.5 Å². The third-order valence-corrected chi connectivity index (χ3v) is 9.46. The number of aromatic hydroxyl groups is 2. The second-order valence-corrected chi connectivity index (χ2v) is 12.1. The molecule has 0 amide bonds. The number of methoxy groups -OCH3 is 2. The van der Waals surface area contributed by atoms with E-state index in [-0.39, 0.29) is 23.6 Å². The SMILES string of the molecule is COc1cc2c3cc1Oc1cc(ccc1O)C[C@@H]1c4c(cc(OC)c(O)c4Oc4ccc(cc4)CC3N(C)CC2)CCN1C. The lowest BCUT2D eigenvalue weighted by molar-refractivity contribution is 0.222. The number of nitrogens with zero attached hydrogens (tertiary/aromatic N) is 2. The van der Waals surface area contributed by atoms with Crippen molar-refractivity contribution in [3.63, 3.8) is 0 Å². The van der Waals surface area contributed by atoms with E-state index >= 15 is 0 Å². The summed E-state index contributed by atoms with van der Waals surface area (Å²) in [6, 6.07) is 19.7. The molecule has 4 aliphatic heterocycles. The van der Waals surface area contributed by atoms with E-state index in [4.69, 9.17) is 18.9 Å². The van der Waals surface area contributed by atoms with E-state index < -0.39 is 0 Å². The van der Waals surface area contributed by atoms with Crippen molar-refractivity contribution < 1.29 is 29.2 Å². The molecule has 0 spiro atoms. The summed E-state index contributed by atoms with van der Waals surface area (Å²) in [6.45, 7) is 1.77. The van der Waals surface area contributed by atoms with Crippen LogP contribution in [0, 0.1) is 0 Å². The van der Waals surface area contributed by atoms with Gasteiger partial charge in [0, 0.05) is 30.7 Å². The van der Waals surface area contributed by atoms with Gasteiger partial charge in [-0.05, 0) is 110 Å². The monoisotopic (exact) mass is 594 g/mol. The van der Waals surface area contributed by atoms with Crippen LogP contribution in [0.4, 0.5) is 0 Å². The molecule has 0 saturated heterocycles. The third kappa shape index (κ3) is 4.98. The van der Waals surface area contributed by atoms with E-state index in [0.29, 0.717) is 40.9 Å². The van der Waals surface area contributed by atoms with Gasteiger partial charge in [-0.25, -0.2) is 0 Å². The zero-order valence-electron chi connectivity index (χ0n) is 25.6. The van der Waals surface area contributed by atoms with Crippen LogP contribution in [0.2, 0.25) is 0 Å². The first-order chi connectivity index (χ1) is 21.3. The summed E-state index contributed by atoms with van der Waals surface area (Å²) in [5, 5.41) is 22.3. The molecular formula is C36H38N2O6. The van der Waals surface area contributed by atoms with Crippen molar-refractivity contribution in [3.8, 4) is 46.0 Å². The van der Waals surface area contributed by atoms with Crippen LogP contribution < -0.4 is 18.9 Å². The van der Waals surface area contributed by atoms with E-state index in [1.165, 1.54) is 16.7 Å². The number of phenolic OH excluding ortho intramolecular Hbond substituents is 2. The highest BCUT2D eigenvalue weighted by molar-refractivity contribution is 5.62. The standard InChI is InChI=1S/C36H38N2O6/c1-37-13-11-23-18-31(41-3)32-20-26(23)27(37)15-21-5-8-25(9-6-21)43-36-34-24(19-33(42-4)35(36)40)12-14-38(2)28(34)16-22-7-10-29(39)30(17-22)44-32/h5-10,17-20,27-28,39-40H,11-16H2,1-4H3/t27?,28-/m1/s1. The summed E-state index contributed by atoms with van der Waals surface area (Å²) in [4.78, 5) is 4.65. The maximum Gasteiger partial charge on any atom is 0.201 e. The lowest BCUT2D eigenvalue weighted by atomic mass is 9.87. The normalized spacial score (nSPS) is 19.6. The Morgan fingerprint density at radius 2 is 1.36 bits per heavy atom. The van der Waals surface area contributed by atoms with Gasteiger partial charge in [0.2, 0.25) is 5.75 Å². The zero-order valence-corrected chi connectivity index (χ0v) is 25.6. The predicted octanol–water partition coefficient (Wildman–Crippen LogP) is 6.56. The number of fused-ring (bicyclic) bond motifs is 2. The molecular weight excluding hydrogens is 556 g/mol. The molecule has 8 nitrogen and oxygen atoms in total. The fourth-order valence-electron chi connectivity index (χ4n) is 6.93. The molecule has 0 aromatic heterocycles. The van der Waals surface area contributed by atoms with Crippen LogP contribution in [0.5, 0.6) is 46.0 Å². The number of ether oxygens (including phenoxy) is 4. The number of rotatable bonds is 2. The van der Waals surface area contributed by atoms with Gasteiger partial charge < -0.3 is 29.2 Å². The van der Waals surface area contributed by atoms with Gasteiger partial charge in [-0.15, -0.1) is 0 Å². The summed E-state index contributed by atoms with van der Waals surface area (Å²) >= 11 is 0. The number of benzene rings is 4. The number of phenols is 2. The third-order valence-electron chi connectivity index (χ3n) is 9.46. The quantitative estimate of drug-likeness (QED) is 0.270. The highest BCUT2D eigenvalue weighted by Crippen LogP contribution is 2.50. The summed E-state index contributed by atoms with van der Waals surface area (Å²) in [7, 11) is 7.45. The minimum Gasteiger partial charge on any atom is -0.504 e. The van der Waals surface area contributed by atoms with Crippen LogP contribution in [-0.4, -0.2) is 61.4 Å². The molecule has 0 saturated carbocycles. The highest BCUT2D eigenvalue weighted by Gasteiger charge is 2.33. The topological polar surface area (TPSA) is 83.9 Å². The van der Waals surface area contributed by atoms with Gasteiger partial charge >= 0.3 is 0 Å². The molecule has 2 atom stereocenters. The molecule has 4 heterocycles. The van der Waals surface area contributed by atoms with E-state index in [1.807, 2.05) is 30.3 Å². The predicted molar refractivity (Wildman–Crippen MR) is 168 cm³/mol. The first kappa shape index (κ1) is 28.4. The lowest BCUT2D eigenvalue weighted by Crippen LogP contribution is -2.34. The Kier molecular flexibility index (Phi) is 7.26. The molecule has 4 aromatic rings. The summed E-state index contributed by atoms with van der Waals surface area (Å²) < 4.78 is 24.3. The minimum atomic E-state index is -0.101. The van der Waals surface area contributed by atoms with Crippen LogP contribution in [0.1, 0.15) is 45.5 Å². The van der Waals surface area contributed by atoms with Gasteiger partial charge in [-0.3, -0.25) is 9.80 Å². The van der Waals surface area contributed by atoms with Gasteiger partial charge in [0.1, 0.15) is 5.75 Å². The fourth-order valence-corrected chi connectivity index (χ4v) is 6.93. The molecule has 1 unspecified atom stereocenters. The zero-order chi connectivity index (χ0) is 30.5. The van der Waals surface area contributed by atoms with Crippen molar-refractivity contribution in [1.82, 2.24) is 9.80 Å². The molecule has 4 aliphatic rings. The van der Waals surface area contributed by atoms with Crippen molar-refractivity contribution in [2.75, 3.05) is 41.4 Å². The lowest BCUT2D eigenvalue weighted by Gasteiger charge is -2.36. The van der Waals surface area contributed by atoms with E-state index in [2.05, 4.69) is 48.2 Å². The van der Waals surface area contributed by atoms with E-state index in [1.54, 1.807) is 20.3 Å². The average Bonchev–Trinajstić information content (AvgIpc) is 3.03. The summed E-state index contributed by atoms with van der Waals surface area (Å²) in [5.41, 5.74) is 6.58. The van der Waals surface area contributed by atoms with Crippen LogP contribution in [-0.2, 0) is 25.7 Å². The Labute approximate surface area is 258 Å². The van der Waals surface area contributed by atoms with Crippen molar-refractivity contribution in [3.05, 3.63) is 94.0 Å². The second-order valence-electron chi connectivity index (χ2n) is 12.1. The van der Waals surface area contributed by atoms with Crippen LogP contribution in [0.3, 0.4) is 0 Å². The molecule has 0 radical (unpaired) electrons. The smallest absolute Gasteiger partial charge is 0.201 e. The van der Waals surface area contributed by atoms with Gasteiger partial charge in [0.05, 0.1) is 14.2 Å². The summed E-state index contributed by atoms with van der Waals surface area (Å²) in [6.07, 6.45) is 3.11. The molecule has 6 bridgehead atoms. The Morgan fingerprint density at radius 3 is 2.11 bits per heavy atom. The van der Waals surface area contributed by atoms with Gasteiger partial charge in [-0.2, -0.15) is 0 Å². The molecule has 8 heteroatoms. The Balaban J connectivity index is 1.41. The van der Waals surface area contributed by atoms with Crippen molar-refractivity contribution >= 4 is 0 Å². The molecule has 8 rings (SSSR count).